The minimum atomic E-state index is -0.232. The van der Waals surface area contributed by atoms with Gasteiger partial charge >= 0.3 is 0 Å². The van der Waals surface area contributed by atoms with Gasteiger partial charge in [0.25, 0.3) is 0 Å². The molecule has 2 amide bonds. The molecular formula is C15H21N3O2. The molecule has 2 rings (SSSR count). The number of carbonyl (C=O) groups is 2. The van der Waals surface area contributed by atoms with Gasteiger partial charge in [-0.2, -0.15) is 0 Å². The summed E-state index contributed by atoms with van der Waals surface area (Å²) < 4.78 is 0. The number of hydrogen-bond donors (Lipinski definition) is 2. The fourth-order valence-corrected chi connectivity index (χ4v) is 2.39. The van der Waals surface area contributed by atoms with Crippen molar-refractivity contribution < 1.29 is 9.59 Å². The molecule has 1 atom stereocenters. The van der Waals surface area contributed by atoms with Crippen molar-refractivity contribution in [2.45, 2.75) is 19.4 Å². The molecule has 0 aliphatic carbocycles. The number of nitrogens with two attached hydrogens (primary N) is 1. The van der Waals surface area contributed by atoms with Crippen molar-refractivity contribution in [1.82, 2.24) is 10.2 Å². The lowest BCUT2D eigenvalue weighted by Gasteiger charge is -2.25. The third kappa shape index (κ3) is 3.81. The summed E-state index contributed by atoms with van der Waals surface area (Å²) in [4.78, 5) is 25.6. The van der Waals surface area contributed by atoms with Crippen LogP contribution in [0.2, 0.25) is 0 Å². The lowest BCUT2D eigenvalue weighted by atomic mass is 10.1. The Morgan fingerprint density at radius 1 is 1.35 bits per heavy atom. The fraction of sp³-hybridized carbons (Fsp3) is 0.467. The SMILES string of the molecule is NCCCN(Cc1ccccc1)C(=O)C1CNC(=O)C1. The van der Waals surface area contributed by atoms with E-state index in [9.17, 15) is 9.59 Å². The number of hydrogen-bond acceptors (Lipinski definition) is 3. The van der Waals surface area contributed by atoms with E-state index < -0.39 is 0 Å². The van der Waals surface area contributed by atoms with Crippen molar-refractivity contribution in [3.8, 4) is 0 Å². The maximum Gasteiger partial charge on any atom is 0.228 e. The van der Waals surface area contributed by atoms with Gasteiger partial charge in [-0.3, -0.25) is 9.59 Å². The van der Waals surface area contributed by atoms with E-state index in [1.165, 1.54) is 0 Å². The predicted octanol–water partition coefficient (Wildman–Crippen LogP) is 0.500. The number of carbonyl (C=O) groups excluding carboxylic acids is 2. The Balaban J connectivity index is 2.02. The second-order valence-electron chi connectivity index (χ2n) is 5.09. The molecule has 0 saturated carbocycles. The van der Waals surface area contributed by atoms with Crippen molar-refractivity contribution >= 4 is 11.8 Å². The Labute approximate surface area is 119 Å². The summed E-state index contributed by atoms with van der Waals surface area (Å²) >= 11 is 0. The Hall–Kier alpha value is -1.88. The second kappa shape index (κ2) is 7.05. The van der Waals surface area contributed by atoms with E-state index in [1.54, 1.807) is 0 Å². The van der Waals surface area contributed by atoms with Crippen LogP contribution in [0, 0.1) is 5.92 Å². The third-order valence-electron chi connectivity index (χ3n) is 3.49. The first kappa shape index (κ1) is 14.5. The first-order chi connectivity index (χ1) is 9.70. The fourth-order valence-electron chi connectivity index (χ4n) is 2.39. The Bertz CT molecular complexity index is 461. The molecule has 1 aromatic rings. The molecule has 108 valence electrons. The van der Waals surface area contributed by atoms with Gasteiger partial charge in [-0.1, -0.05) is 30.3 Å². The Kier molecular flexibility index (Phi) is 5.12. The summed E-state index contributed by atoms with van der Waals surface area (Å²) in [5.41, 5.74) is 6.63. The van der Waals surface area contributed by atoms with Crippen LogP contribution in [0.5, 0.6) is 0 Å². The standard InChI is InChI=1S/C15H21N3O2/c16-7-4-8-18(11-12-5-2-1-3-6-12)15(20)13-9-14(19)17-10-13/h1-3,5-6,13H,4,7-11,16H2,(H,17,19). The van der Waals surface area contributed by atoms with Gasteiger partial charge in [0, 0.05) is 26.1 Å². The maximum absolute atomic E-state index is 12.5. The van der Waals surface area contributed by atoms with Crippen molar-refractivity contribution in [2.24, 2.45) is 11.7 Å². The summed E-state index contributed by atoms with van der Waals surface area (Å²) in [6, 6.07) is 9.87. The van der Waals surface area contributed by atoms with Crippen LogP contribution in [0.15, 0.2) is 30.3 Å². The van der Waals surface area contributed by atoms with E-state index in [0.29, 0.717) is 32.6 Å². The molecule has 5 heteroatoms. The molecule has 1 unspecified atom stereocenters. The van der Waals surface area contributed by atoms with E-state index in [2.05, 4.69) is 5.32 Å². The molecule has 1 saturated heterocycles. The summed E-state index contributed by atoms with van der Waals surface area (Å²) in [7, 11) is 0. The van der Waals surface area contributed by atoms with Crippen LogP contribution in [0.1, 0.15) is 18.4 Å². The third-order valence-corrected chi connectivity index (χ3v) is 3.49. The molecule has 0 aromatic heterocycles. The van der Waals surface area contributed by atoms with Gasteiger partial charge in [0.05, 0.1) is 5.92 Å². The highest BCUT2D eigenvalue weighted by Crippen LogP contribution is 2.15. The molecule has 1 aliphatic rings. The molecule has 20 heavy (non-hydrogen) atoms. The lowest BCUT2D eigenvalue weighted by molar-refractivity contribution is -0.136. The summed E-state index contributed by atoms with van der Waals surface area (Å²) in [5.74, 6) is -0.230. The smallest absolute Gasteiger partial charge is 0.228 e. The number of nitrogens with one attached hydrogen (secondary N) is 1. The molecule has 1 fully saturated rings. The van der Waals surface area contributed by atoms with Crippen molar-refractivity contribution in [1.29, 1.82) is 0 Å². The molecule has 0 spiro atoms. The minimum Gasteiger partial charge on any atom is -0.355 e. The summed E-state index contributed by atoms with van der Waals surface area (Å²) in [6.07, 6.45) is 1.07. The first-order valence-electron chi connectivity index (χ1n) is 7.00. The highest BCUT2D eigenvalue weighted by Gasteiger charge is 2.31. The van der Waals surface area contributed by atoms with Crippen LogP contribution in [-0.4, -0.2) is 36.3 Å². The van der Waals surface area contributed by atoms with Crippen molar-refractivity contribution in [2.75, 3.05) is 19.6 Å². The second-order valence-corrected chi connectivity index (χ2v) is 5.09. The van der Waals surface area contributed by atoms with Gasteiger partial charge in [-0.05, 0) is 18.5 Å². The number of amides is 2. The molecule has 5 nitrogen and oxygen atoms in total. The number of nitrogens with zero attached hydrogens (tertiary/aromatic N) is 1. The van der Waals surface area contributed by atoms with Crippen LogP contribution in [0.3, 0.4) is 0 Å². The number of rotatable bonds is 6. The normalized spacial score (nSPS) is 17.9. The quantitative estimate of drug-likeness (QED) is 0.794. The van der Waals surface area contributed by atoms with Gasteiger partial charge < -0.3 is 16.0 Å². The molecular weight excluding hydrogens is 254 g/mol. The topological polar surface area (TPSA) is 75.4 Å². The van der Waals surface area contributed by atoms with Crippen LogP contribution >= 0.6 is 0 Å². The van der Waals surface area contributed by atoms with Crippen LogP contribution < -0.4 is 11.1 Å². The minimum absolute atomic E-state index is 0.0400. The van der Waals surface area contributed by atoms with Gasteiger partial charge in [-0.15, -0.1) is 0 Å². The molecule has 0 radical (unpaired) electrons. The average molecular weight is 275 g/mol. The zero-order valence-corrected chi connectivity index (χ0v) is 11.5. The van der Waals surface area contributed by atoms with Crippen molar-refractivity contribution in [3.05, 3.63) is 35.9 Å². The Morgan fingerprint density at radius 3 is 2.70 bits per heavy atom. The van der Waals surface area contributed by atoms with E-state index in [-0.39, 0.29) is 17.7 Å². The zero-order chi connectivity index (χ0) is 14.4. The summed E-state index contributed by atoms with van der Waals surface area (Å²) in [5, 5.41) is 2.71. The maximum atomic E-state index is 12.5. The van der Waals surface area contributed by atoms with E-state index in [1.807, 2.05) is 35.2 Å². The largest absolute Gasteiger partial charge is 0.355 e. The molecule has 1 aliphatic heterocycles. The lowest BCUT2D eigenvalue weighted by Crippen LogP contribution is -2.37. The average Bonchev–Trinajstić information content (AvgIpc) is 2.90. The molecule has 3 N–H and O–H groups in total. The van der Waals surface area contributed by atoms with Crippen LogP contribution in [0.4, 0.5) is 0 Å². The highest BCUT2D eigenvalue weighted by atomic mass is 16.2. The Morgan fingerprint density at radius 2 is 2.10 bits per heavy atom. The van der Waals surface area contributed by atoms with Gasteiger partial charge in [0.2, 0.25) is 11.8 Å². The predicted molar refractivity (Wildman–Crippen MR) is 76.6 cm³/mol. The van der Waals surface area contributed by atoms with Gasteiger partial charge in [0.15, 0.2) is 0 Å². The zero-order valence-electron chi connectivity index (χ0n) is 11.5. The van der Waals surface area contributed by atoms with Gasteiger partial charge in [-0.25, -0.2) is 0 Å². The molecule has 1 aromatic carbocycles. The summed E-state index contributed by atoms with van der Waals surface area (Å²) in [6.45, 7) is 2.21. The monoisotopic (exact) mass is 275 g/mol. The van der Waals surface area contributed by atoms with E-state index in [0.717, 1.165) is 12.0 Å². The molecule has 0 bridgehead atoms. The van der Waals surface area contributed by atoms with E-state index >= 15 is 0 Å². The van der Waals surface area contributed by atoms with Crippen LogP contribution in [-0.2, 0) is 16.1 Å². The van der Waals surface area contributed by atoms with Crippen LogP contribution in [0.25, 0.3) is 0 Å². The number of benzene rings is 1. The highest BCUT2D eigenvalue weighted by molar-refractivity contribution is 5.89. The van der Waals surface area contributed by atoms with E-state index in [4.69, 9.17) is 5.73 Å². The van der Waals surface area contributed by atoms with Crippen molar-refractivity contribution in [3.63, 3.8) is 0 Å². The molecule has 1 heterocycles. The first-order valence-corrected chi connectivity index (χ1v) is 7.00. The van der Waals surface area contributed by atoms with Gasteiger partial charge in [0.1, 0.15) is 0 Å².